The molecule has 0 N–H and O–H groups in total. The van der Waals surface area contributed by atoms with Gasteiger partial charge in [0.25, 0.3) is 0 Å². The maximum Gasteiger partial charge on any atom is 0.178 e. The van der Waals surface area contributed by atoms with Crippen LogP contribution in [0.5, 0.6) is 0 Å². The number of carbonyl (C=O) groups is 1. The number of aryl methyl sites for hydroxylation is 1. The van der Waals surface area contributed by atoms with Crippen LogP contribution in [0.25, 0.3) is 0 Å². The normalized spacial score (nSPS) is 11.2. The maximum atomic E-state index is 12.1. The highest BCUT2D eigenvalue weighted by Gasteiger charge is 2.15. The zero-order chi connectivity index (χ0) is 13.0. The van der Waals surface area contributed by atoms with Crippen molar-refractivity contribution >= 4 is 5.78 Å². The van der Waals surface area contributed by atoms with Crippen molar-refractivity contribution in [1.82, 2.24) is 9.47 Å². The number of ketones is 1. The van der Waals surface area contributed by atoms with Gasteiger partial charge < -0.3 is 9.30 Å². The van der Waals surface area contributed by atoms with Crippen LogP contribution in [0.2, 0.25) is 0 Å². The fourth-order valence-corrected chi connectivity index (χ4v) is 1.79. The van der Waals surface area contributed by atoms with Crippen LogP contribution >= 0.6 is 0 Å². The third-order valence-electron chi connectivity index (χ3n) is 3.17. The fraction of sp³-hybridized carbons (Fsp3) is 0.615. The molecular weight excluding hydrogens is 216 g/mol. The third kappa shape index (κ3) is 3.41. The van der Waals surface area contributed by atoms with Gasteiger partial charge in [-0.25, -0.2) is 0 Å². The molecule has 0 spiro atoms. The van der Waals surface area contributed by atoms with E-state index in [0.717, 1.165) is 23.5 Å². The summed E-state index contributed by atoms with van der Waals surface area (Å²) in [5.74, 6) is 0.171. The summed E-state index contributed by atoms with van der Waals surface area (Å²) < 4.78 is 7.03. The number of methoxy groups -OCH3 is 1. The van der Waals surface area contributed by atoms with Gasteiger partial charge in [0.15, 0.2) is 5.78 Å². The molecule has 1 aromatic rings. The van der Waals surface area contributed by atoms with Crippen LogP contribution < -0.4 is 0 Å². The van der Waals surface area contributed by atoms with Crippen molar-refractivity contribution in [3.8, 4) is 0 Å². The Kier molecular flexibility index (Phi) is 4.90. The molecule has 0 aromatic carbocycles. The average molecular weight is 238 g/mol. The smallest absolute Gasteiger partial charge is 0.178 e. The first-order valence-corrected chi connectivity index (χ1v) is 5.81. The van der Waals surface area contributed by atoms with Crippen molar-refractivity contribution in [2.24, 2.45) is 7.05 Å². The molecule has 0 radical (unpaired) electrons. The van der Waals surface area contributed by atoms with Crippen molar-refractivity contribution < 1.29 is 9.53 Å². The Morgan fingerprint density at radius 2 is 2.12 bits per heavy atom. The van der Waals surface area contributed by atoms with Gasteiger partial charge in [0.05, 0.1) is 13.2 Å². The minimum atomic E-state index is 0.171. The molecule has 1 rings (SSSR count). The van der Waals surface area contributed by atoms with E-state index in [0.29, 0.717) is 13.2 Å². The Bertz CT molecular complexity index is 396. The van der Waals surface area contributed by atoms with E-state index in [1.807, 2.05) is 43.5 Å². The Morgan fingerprint density at radius 3 is 2.59 bits per heavy atom. The van der Waals surface area contributed by atoms with E-state index in [4.69, 9.17) is 4.74 Å². The molecule has 0 atom stereocenters. The summed E-state index contributed by atoms with van der Waals surface area (Å²) in [6.45, 7) is 5.85. The number of likely N-dealkylation sites (N-methyl/N-ethyl adjacent to an activating group) is 1. The van der Waals surface area contributed by atoms with Gasteiger partial charge in [0.2, 0.25) is 0 Å². The van der Waals surface area contributed by atoms with Crippen molar-refractivity contribution in [2.75, 3.05) is 33.9 Å². The molecule has 96 valence electrons. The molecule has 4 heteroatoms. The second-order valence-corrected chi connectivity index (χ2v) is 4.50. The topological polar surface area (TPSA) is 34.5 Å². The van der Waals surface area contributed by atoms with Gasteiger partial charge in [-0.3, -0.25) is 9.69 Å². The van der Waals surface area contributed by atoms with Crippen LogP contribution in [0.1, 0.15) is 21.7 Å². The summed E-state index contributed by atoms with van der Waals surface area (Å²) in [5.41, 5.74) is 2.98. The molecule has 0 unspecified atom stereocenters. The molecule has 1 heterocycles. The zero-order valence-corrected chi connectivity index (χ0v) is 11.4. The van der Waals surface area contributed by atoms with Crippen LogP contribution in [-0.4, -0.2) is 49.1 Å². The fourth-order valence-electron chi connectivity index (χ4n) is 1.79. The monoisotopic (exact) mass is 238 g/mol. The minimum Gasteiger partial charge on any atom is -0.383 e. The molecule has 0 aliphatic heterocycles. The third-order valence-corrected chi connectivity index (χ3v) is 3.17. The number of Topliss-reactive ketones (excluding diaryl/α,β-unsaturated/α-hetero) is 1. The molecule has 0 aliphatic carbocycles. The molecule has 0 saturated heterocycles. The van der Waals surface area contributed by atoms with Gasteiger partial charge in [0.1, 0.15) is 0 Å². The molecule has 1 aromatic heterocycles. The predicted molar refractivity (Wildman–Crippen MR) is 68.6 cm³/mol. The zero-order valence-electron chi connectivity index (χ0n) is 11.4. The molecule has 0 aliphatic rings. The van der Waals surface area contributed by atoms with Gasteiger partial charge in [-0.05, 0) is 27.0 Å². The van der Waals surface area contributed by atoms with E-state index in [2.05, 4.69) is 0 Å². The summed E-state index contributed by atoms with van der Waals surface area (Å²) in [6.07, 6.45) is 0. The van der Waals surface area contributed by atoms with Gasteiger partial charge in [-0.2, -0.15) is 0 Å². The summed E-state index contributed by atoms with van der Waals surface area (Å²) in [6, 6.07) is 1.96. The molecule has 0 fully saturated rings. The second-order valence-electron chi connectivity index (χ2n) is 4.50. The Labute approximate surface area is 103 Å². The highest BCUT2D eigenvalue weighted by Crippen LogP contribution is 2.14. The van der Waals surface area contributed by atoms with E-state index in [1.165, 1.54) is 0 Å². The van der Waals surface area contributed by atoms with Crippen LogP contribution in [0.3, 0.4) is 0 Å². The molecule has 4 nitrogen and oxygen atoms in total. The first kappa shape index (κ1) is 13.9. The lowest BCUT2D eigenvalue weighted by Gasteiger charge is -2.14. The lowest BCUT2D eigenvalue weighted by Crippen LogP contribution is -2.29. The standard InChI is InChI=1S/C13H22N2O2/c1-10-8-12(11(2)15(10)4)13(16)9-14(3)6-7-17-5/h8H,6-7,9H2,1-5H3. The molecule has 0 amide bonds. The highest BCUT2D eigenvalue weighted by atomic mass is 16.5. The van der Waals surface area contributed by atoms with Gasteiger partial charge in [-0.1, -0.05) is 0 Å². The van der Waals surface area contributed by atoms with Crippen LogP contribution in [0, 0.1) is 13.8 Å². The van der Waals surface area contributed by atoms with Crippen LogP contribution in [0.4, 0.5) is 0 Å². The molecule has 17 heavy (non-hydrogen) atoms. The number of carbonyl (C=O) groups excluding carboxylic acids is 1. The lowest BCUT2D eigenvalue weighted by atomic mass is 10.1. The van der Waals surface area contributed by atoms with Crippen molar-refractivity contribution in [2.45, 2.75) is 13.8 Å². The van der Waals surface area contributed by atoms with Gasteiger partial charge in [0, 0.05) is 37.7 Å². The lowest BCUT2D eigenvalue weighted by molar-refractivity contribution is 0.0922. The summed E-state index contributed by atoms with van der Waals surface area (Å²) in [4.78, 5) is 14.1. The number of rotatable bonds is 6. The predicted octanol–water partition coefficient (Wildman–Crippen LogP) is 1.40. The average Bonchev–Trinajstić information content (AvgIpc) is 2.54. The van der Waals surface area contributed by atoms with Crippen LogP contribution in [-0.2, 0) is 11.8 Å². The summed E-state index contributed by atoms with van der Waals surface area (Å²) >= 11 is 0. The largest absolute Gasteiger partial charge is 0.383 e. The Morgan fingerprint density at radius 1 is 1.47 bits per heavy atom. The van der Waals surface area contributed by atoms with Crippen molar-refractivity contribution in [1.29, 1.82) is 0 Å². The SMILES string of the molecule is COCCN(C)CC(=O)c1cc(C)n(C)c1C. The van der Waals surface area contributed by atoms with E-state index in [-0.39, 0.29) is 5.78 Å². The number of nitrogens with zero attached hydrogens (tertiary/aromatic N) is 2. The van der Waals surface area contributed by atoms with Gasteiger partial charge in [-0.15, -0.1) is 0 Å². The van der Waals surface area contributed by atoms with E-state index in [9.17, 15) is 4.79 Å². The minimum absolute atomic E-state index is 0.171. The quantitative estimate of drug-likeness (QED) is 0.703. The molecular formula is C13H22N2O2. The number of ether oxygens (including phenoxy) is 1. The van der Waals surface area contributed by atoms with E-state index >= 15 is 0 Å². The van der Waals surface area contributed by atoms with E-state index in [1.54, 1.807) is 7.11 Å². The van der Waals surface area contributed by atoms with Crippen LogP contribution in [0.15, 0.2) is 6.07 Å². The highest BCUT2D eigenvalue weighted by molar-refractivity contribution is 5.98. The first-order chi connectivity index (χ1) is 7.97. The van der Waals surface area contributed by atoms with Gasteiger partial charge >= 0.3 is 0 Å². The Hall–Kier alpha value is -1.13. The van der Waals surface area contributed by atoms with Crippen molar-refractivity contribution in [3.63, 3.8) is 0 Å². The van der Waals surface area contributed by atoms with E-state index < -0.39 is 0 Å². The first-order valence-electron chi connectivity index (χ1n) is 5.81. The number of hydrogen-bond donors (Lipinski definition) is 0. The molecule has 0 bridgehead atoms. The van der Waals surface area contributed by atoms with Crippen molar-refractivity contribution in [3.05, 3.63) is 23.0 Å². The number of hydrogen-bond acceptors (Lipinski definition) is 3. The Balaban J connectivity index is 2.67. The maximum absolute atomic E-state index is 12.1. The number of aromatic nitrogens is 1. The molecule has 0 saturated carbocycles. The summed E-state index contributed by atoms with van der Waals surface area (Å²) in [5, 5.41) is 0. The summed E-state index contributed by atoms with van der Waals surface area (Å²) in [7, 11) is 5.58. The second kappa shape index (κ2) is 5.98.